The van der Waals surface area contributed by atoms with E-state index in [-0.39, 0.29) is 11.9 Å². The number of carbonyl (C=O) groups is 1. The number of benzodiazepines with no additional fused rings is 1. The van der Waals surface area contributed by atoms with Crippen molar-refractivity contribution in [1.82, 2.24) is 0 Å². The van der Waals surface area contributed by atoms with Gasteiger partial charge in [0.2, 0.25) is 5.91 Å². The number of fused-ring (bicyclic) bond motifs is 1. The van der Waals surface area contributed by atoms with Crippen LogP contribution in [0.15, 0.2) is 29.3 Å². The predicted octanol–water partition coefficient (Wildman–Crippen LogP) is 2.23. The molecule has 78 valence electrons. The SMILES string of the molecule is CCC1=NC(C)C(=O)Nc2ccccc21. The van der Waals surface area contributed by atoms with Crippen LogP contribution in [0.2, 0.25) is 0 Å². The van der Waals surface area contributed by atoms with Gasteiger partial charge in [-0.15, -0.1) is 0 Å². The van der Waals surface area contributed by atoms with Gasteiger partial charge in [0, 0.05) is 17.0 Å². The largest absolute Gasteiger partial charge is 0.324 e. The number of para-hydroxylation sites is 1. The Balaban J connectivity index is 2.55. The number of nitrogens with one attached hydrogen (secondary N) is 1. The molecule has 0 aromatic heterocycles. The van der Waals surface area contributed by atoms with E-state index in [0.29, 0.717) is 0 Å². The molecule has 1 heterocycles. The van der Waals surface area contributed by atoms with Crippen molar-refractivity contribution in [2.45, 2.75) is 26.3 Å². The Morgan fingerprint density at radius 2 is 2.13 bits per heavy atom. The fourth-order valence-corrected chi connectivity index (χ4v) is 1.72. The Morgan fingerprint density at radius 3 is 2.87 bits per heavy atom. The second-order valence-electron chi connectivity index (χ2n) is 3.64. The number of anilines is 1. The maximum atomic E-state index is 11.6. The zero-order valence-corrected chi connectivity index (χ0v) is 8.95. The van der Waals surface area contributed by atoms with Gasteiger partial charge in [-0.25, -0.2) is 0 Å². The Bertz CT molecular complexity index is 423. The van der Waals surface area contributed by atoms with Crippen molar-refractivity contribution in [2.24, 2.45) is 4.99 Å². The first-order chi connectivity index (χ1) is 7.22. The molecule has 0 bridgehead atoms. The third kappa shape index (κ3) is 1.77. The topological polar surface area (TPSA) is 41.5 Å². The lowest BCUT2D eigenvalue weighted by molar-refractivity contribution is -0.116. The number of aliphatic imine (C=N–C) groups is 1. The van der Waals surface area contributed by atoms with Crippen LogP contribution in [-0.4, -0.2) is 17.7 Å². The van der Waals surface area contributed by atoms with Crippen LogP contribution in [0.5, 0.6) is 0 Å². The van der Waals surface area contributed by atoms with E-state index in [1.54, 1.807) is 0 Å². The summed E-state index contributed by atoms with van der Waals surface area (Å²) in [7, 11) is 0. The summed E-state index contributed by atoms with van der Waals surface area (Å²) in [6.07, 6.45) is 0.844. The zero-order chi connectivity index (χ0) is 10.8. The fourth-order valence-electron chi connectivity index (χ4n) is 1.72. The van der Waals surface area contributed by atoms with E-state index in [4.69, 9.17) is 0 Å². The summed E-state index contributed by atoms with van der Waals surface area (Å²) in [5.41, 5.74) is 2.90. The molecule has 1 aromatic rings. The van der Waals surface area contributed by atoms with Gasteiger partial charge < -0.3 is 5.32 Å². The van der Waals surface area contributed by atoms with Gasteiger partial charge in [0.05, 0.1) is 0 Å². The van der Waals surface area contributed by atoms with E-state index >= 15 is 0 Å². The van der Waals surface area contributed by atoms with Crippen LogP contribution in [0.3, 0.4) is 0 Å². The molecule has 1 aliphatic heterocycles. The second-order valence-corrected chi connectivity index (χ2v) is 3.64. The van der Waals surface area contributed by atoms with Crippen LogP contribution in [0.25, 0.3) is 0 Å². The van der Waals surface area contributed by atoms with Crippen LogP contribution >= 0.6 is 0 Å². The van der Waals surface area contributed by atoms with Crippen molar-refractivity contribution >= 4 is 17.3 Å². The number of amides is 1. The lowest BCUT2D eigenvalue weighted by atomic mass is 10.1. The first-order valence-corrected chi connectivity index (χ1v) is 5.19. The highest BCUT2D eigenvalue weighted by molar-refractivity contribution is 6.11. The zero-order valence-electron chi connectivity index (χ0n) is 8.95. The molecular formula is C12H14N2O. The van der Waals surface area contributed by atoms with E-state index in [1.807, 2.05) is 31.2 Å². The van der Waals surface area contributed by atoms with Crippen molar-refractivity contribution in [2.75, 3.05) is 5.32 Å². The summed E-state index contributed by atoms with van der Waals surface area (Å²) in [5.74, 6) is -0.0362. The summed E-state index contributed by atoms with van der Waals surface area (Å²) in [5, 5.41) is 2.88. The van der Waals surface area contributed by atoms with E-state index < -0.39 is 0 Å². The summed E-state index contributed by atoms with van der Waals surface area (Å²) in [6.45, 7) is 3.87. The second kappa shape index (κ2) is 3.85. The van der Waals surface area contributed by atoms with Crippen molar-refractivity contribution in [3.8, 4) is 0 Å². The number of benzene rings is 1. The number of nitrogens with zero attached hydrogens (tertiary/aromatic N) is 1. The quantitative estimate of drug-likeness (QED) is 0.745. The molecule has 3 heteroatoms. The molecule has 0 aliphatic carbocycles. The van der Waals surface area contributed by atoms with Crippen molar-refractivity contribution in [1.29, 1.82) is 0 Å². The highest BCUT2D eigenvalue weighted by Gasteiger charge is 2.19. The maximum Gasteiger partial charge on any atom is 0.248 e. The minimum absolute atomic E-state index is 0.0362. The summed E-state index contributed by atoms with van der Waals surface area (Å²) < 4.78 is 0. The predicted molar refractivity (Wildman–Crippen MR) is 61.4 cm³/mol. The molecule has 1 unspecified atom stereocenters. The molecule has 15 heavy (non-hydrogen) atoms. The van der Waals surface area contributed by atoms with Crippen molar-refractivity contribution < 1.29 is 4.79 Å². The minimum atomic E-state index is -0.299. The standard InChI is InChI=1S/C12H14N2O/c1-3-10-9-6-4-5-7-11(9)14-12(15)8(2)13-10/h4-8H,3H2,1-2H3,(H,14,15). The monoisotopic (exact) mass is 202 g/mol. The van der Waals surface area contributed by atoms with Gasteiger partial charge in [-0.05, 0) is 19.4 Å². The van der Waals surface area contributed by atoms with Crippen LogP contribution in [0.4, 0.5) is 5.69 Å². The molecule has 2 rings (SSSR count). The Kier molecular flexibility index (Phi) is 2.54. The first-order valence-electron chi connectivity index (χ1n) is 5.19. The molecule has 0 saturated heterocycles. The molecule has 0 radical (unpaired) electrons. The average molecular weight is 202 g/mol. The average Bonchev–Trinajstić information content (AvgIpc) is 2.37. The van der Waals surface area contributed by atoms with Gasteiger partial charge in [0.15, 0.2) is 0 Å². The molecule has 3 nitrogen and oxygen atoms in total. The number of carbonyl (C=O) groups excluding carboxylic acids is 1. The number of hydrogen-bond donors (Lipinski definition) is 1. The van der Waals surface area contributed by atoms with E-state index in [0.717, 1.165) is 23.4 Å². The van der Waals surface area contributed by atoms with Crippen LogP contribution in [0, 0.1) is 0 Å². The summed E-state index contributed by atoms with van der Waals surface area (Å²) >= 11 is 0. The molecule has 0 saturated carbocycles. The molecule has 1 amide bonds. The highest BCUT2D eigenvalue weighted by Crippen LogP contribution is 2.21. The molecular weight excluding hydrogens is 188 g/mol. The number of rotatable bonds is 1. The van der Waals surface area contributed by atoms with Crippen molar-refractivity contribution in [3.05, 3.63) is 29.8 Å². The van der Waals surface area contributed by atoms with Gasteiger partial charge >= 0.3 is 0 Å². The molecule has 1 atom stereocenters. The third-order valence-electron chi connectivity index (χ3n) is 2.56. The molecule has 1 aromatic carbocycles. The molecule has 1 aliphatic rings. The van der Waals surface area contributed by atoms with E-state index in [1.165, 1.54) is 0 Å². The summed E-state index contributed by atoms with van der Waals surface area (Å²) in [4.78, 5) is 16.0. The Morgan fingerprint density at radius 1 is 1.40 bits per heavy atom. The minimum Gasteiger partial charge on any atom is -0.324 e. The Hall–Kier alpha value is -1.64. The molecule has 0 spiro atoms. The van der Waals surface area contributed by atoms with E-state index in [9.17, 15) is 4.79 Å². The van der Waals surface area contributed by atoms with Crippen LogP contribution in [0.1, 0.15) is 25.8 Å². The van der Waals surface area contributed by atoms with Gasteiger partial charge in [0.1, 0.15) is 6.04 Å². The Labute approximate surface area is 89.2 Å². The fraction of sp³-hybridized carbons (Fsp3) is 0.333. The van der Waals surface area contributed by atoms with Crippen LogP contribution in [-0.2, 0) is 4.79 Å². The number of hydrogen-bond acceptors (Lipinski definition) is 2. The van der Waals surface area contributed by atoms with Crippen molar-refractivity contribution in [3.63, 3.8) is 0 Å². The smallest absolute Gasteiger partial charge is 0.248 e. The van der Waals surface area contributed by atoms with Gasteiger partial charge in [-0.2, -0.15) is 0 Å². The maximum absolute atomic E-state index is 11.6. The van der Waals surface area contributed by atoms with Gasteiger partial charge in [-0.3, -0.25) is 9.79 Å². The first kappa shape index (κ1) is 9.90. The van der Waals surface area contributed by atoms with Gasteiger partial charge in [-0.1, -0.05) is 25.1 Å². The lowest BCUT2D eigenvalue weighted by Crippen LogP contribution is -2.22. The van der Waals surface area contributed by atoms with Gasteiger partial charge in [0.25, 0.3) is 0 Å². The molecule has 0 fully saturated rings. The third-order valence-corrected chi connectivity index (χ3v) is 2.56. The molecule has 1 N–H and O–H groups in total. The highest BCUT2D eigenvalue weighted by atomic mass is 16.2. The van der Waals surface area contributed by atoms with E-state index in [2.05, 4.69) is 17.2 Å². The van der Waals surface area contributed by atoms with Crippen LogP contribution < -0.4 is 5.32 Å². The lowest BCUT2D eigenvalue weighted by Gasteiger charge is -2.06. The normalized spacial score (nSPS) is 20.0. The summed E-state index contributed by atoms with van der Waals surface area (Å²) in [6, 6.07) is 7.49.